The lowest BCUT2D eigenvalue weighted by Crippen LogP contribution is -2.31. The van der Waals surface area contributed by atoms with Gasteiger partial charge in [0.2, 0.25) is 5.91 Å². The van der Waals surface area contributed by atoms with Gasteiger partial charge < -0.3 is 10.1 Å². The molecule has 19 heavy (non-hydrogen) atoms. The Balaban J connectivity index is 2.26. The Bertz CT molecular complexity index is 429. The van der Waals surface area contributed by atoms with Crippen LogP contribution in [0, 0.1) is 6.92 Å². The Labute approximate surface area is 114 Å². The van der Waals surface area contributed by atoms with Crippen LogP contribution in [-0.2, 0) is 20.7 Å². The van der Waals surface area contributed by atoms with Gasteiger partial charge in [0, 0.05) is 0 Å². The van der Waals surface area contributed by atoms with E-state index in [1.807, 2.05) is 38.1 Å². The summed E-state index contributed by atoms with van der Waals surface area (Å²) >= 11 is 0. The van der Waals surface area contributed by atoms with Crippen molar-refractivity contribution in [3.8, 4) is 0 Å². The number of carbonyl (C=O) groups excluding carboxylic acids is 2. The van der Waals surface area contributed by atoms with Crippen LogP contribution in [0.5, 0.6) is 0 Å². The number of benzene rings is 1. The van der Waals surface area contributed by atoms with Gasteiger partial charge in [-0.3, -0.25) is 9.59 Å². The van der Waals surface area contributed by atoms with E-state index in [2.05, 4.69) is 5.32 Å². The summed E-state index contributed by atoms with van der Waals surface area (Å²) in [6.07, 6.45) is 2.11. The monoisotopic (exact) mass is 263 g/mol. The van der Waals surface area contributed by atoms with Crippen molar-refractivity contribution < 1.29 is 14.3 Å². The third-order valence-corrected chi connectivity index (χ3v) is 2.64. The van der Waals surface area contributed by atoms with Crippen molar-refractivity contribution in [3.05, 3.63) is 35.4 Å². The second-order valence-electron chi connectivity index (χ2n) is 4.52. The minimum atomic E-state index is -0.383. The van der Waals surface area contributed by atoms with Crippen molar-refractivity contribution in [1.82, 2.24) is 5.32 Å². The average Bonchev–Trinajstić information content (AvgIpc) is 2.37. The molecule has 0 saturated carbocycles. The highest BCUT2D eigenvalue weighted by Crippen LogP contribution is 2.04. The van der Waals surface area contributed by atoms with Crippen molar-refractivity contribution in [1.29, 1.82) is 0 Å². The van der Waals surface area contributed by atoms with E-state index in [9.17, 15) is 9.59 Å². The first-order valence-corrected chi connectivity index (χ1v) is 6.59. The number of nitrogens with one attached hydrogen (secondary N) is 1. The van der Waals surface area contributed by atoms with Crippen LogP contribution in [0.25, 0.3) is 0 Å². The second-order valence-corrected chi connectivity index (χ2v) is 4.52. The van der Waals surface area contributed by atoms with E-state index in [-0.39, 0.29) is 24.8 Å². The molecule has 0 unspecified atom stereocenters. The maximum absolute atomic E-state index is 11.6. The topological polar surface area (TPSA) is 55.4 Å². The standard InChI is InChI=1S/C15H21NO3/c1-3-4-8-19-15(18)11-16-14(17)10-13-7-5-6-12(2)9-13/h5-7,9H,3-4,8,10-11H2,1-2H3,(H,16,17). The van der Waals surface area contributed by atoms with Crippen LogP contribution in [0.3, 0.4) is 0 Å². The lowest BCUT2D eigenvalue weighted by atomic mass is 10.1. The van der Waals surface area contributed by atoms with E-state index >= 15 is 0 Å². The number of esters is 1. The van der Waals surface area contributed by atoms with E-state index in [0.29, 0.717) is 6.61 Å². The van der Waals surface area contributed by atoms with Crippen LogP contribution in [0.4, 0.5) is 0 Å². The first-order chi connectivity index (χ1) is 9.11. The summed E-state index contributed by atoms with van der Waals surface area (Å²) in [4.78, 5) is 22.9. The molecule has 1 amide bonds. The molecule has 0 aliphatic heterocycles. The van der Waals surface area contributed by atoms with Gasteiger partial charge in [0.15, 0.2) is 0 Å². The maximum Gasteiger partial charge on any atom is 0.325 e. The van der Waals surface area contributed by atoms with E-state index < -0.39 is 0 Å². The molecule has 1 aromatic carbocycles. The Kier molecular flexibility index (Phi) is 6.64. The fourth-order valence-corrected chi connectivity index (χ4v) is 1.62. The zero-order valence-electron chi connectivity index (χ0n) is 11.6. The number of hydrogen-bond donors (Lipinski definition) is 1. The predicted molar refractivity (Wildman–Crippen MR) is 73.8 cm³/mol. The summed E-state index contributed by atoms with van der Waals surface area (Å²) in [5, 5.41) is 2.56. The van der Waals surface area contributed by atoms with Crippen LogP contribution >= 0.6 is 0 Å². The quantitative estimate of drug-likeness (QED) is 0.604. The number of carbonyl (C=O) groups is 2. The fraction of sp³-hybridized carbons (Fsp3) is 0.467. The van der Waals surface area contributed by atoms with E-state index in [0.717, 1.165) is 24.0 Å². The van der Waals surface area contributed by atoms with Crippen LogP contribution in [0.2, 0.25) is 0 Å². The van der Waals surface area contributed by atoms with E-state index in [4.69, 9.17) is 4.74 Å². The van der Waals surface area contributed by atoms with Crippen molar-refractivity contribution in [2.24, 2.45) is 0 Å². The van der Waals surface area contributed by atoms with Gasteiger partial charge in [-0.1, -0.05) is 43.2 Å². The van der Waals surface area contributed by atoms with Gasteiger partial charge in [-0.15, -0.1) is 0 Å². The lowest BCUT2D eigenvalue weighted by molar-refractivity contribution is -0.144. The van der Waals surface area contributed by atoms with Gasteiger partial charge >= 0.3 is 5.97 Å². The molecule has 1 aromatic rings. The summed E-state index contributed by atoms with van der Waals surface area (Å²) in [6, 6.07) is 7.74. The molecule has 1 rings (SSSR count). The van der Waals surface area contributed by atoms with Crippen molar-refractivity contribution >= 4 is 11.9 Å². The summed E-state index contributed by atoms with van der Waals surface area (Å²) in [5.74, 6) is -0.552. The normalized spacial score (nSPS) is 10.0. The average molecular weight is 263 g/mol. The van der Waals surface area contributed by atoms with Gasteiger partial charge in [0.1, 0.15) is 6.54 Å². The highest BCUT2D eigenvalue weighted by atomic mass is 16.5. The van der Waals surface area contributed by atoms with Crippen molar-refractivity contribution in [2.45, 2.75) is 33.1 Å². The molecule has 0 heterocycles. The van der Waals surface area contributed by atoms with Crippen LogP contribution in [0.15, 0.2) is 24.3 Å². The third-order valence-electron chi connectivity index (χ3n) is 2.64. The lowest BCUT2D eigenvalue weighted by Gasteiger charge is -2.06. The molecule has 0 saturated heterocycles. The van der Waals surface area contributed by atoms with Crippen LogP contribution in [0.1, 0.15) is 30.9 Å². The SMILES string of the molecule is CCCCOC(=O)CNC(=O)Cc1cccc(C)c1. The molecule has 0 fully saturated rings. The van der Waals surface area contributed by atoms with Gasteiger partial charge in [0.05, 0.1) is 13.0 Å². The van der Waals surface area contributed by atoms with Gasteiger partial charge in [-0.25, -0.2) is 0 Å². The summed E-state index contributed by atoms with van der Waals surface area (Å²) in [7, 11) is 0. The largest absolute Gasteiger partial charge is 0.464 e. The molecule has 104 valence electrons. The Morgan fingerprint density at radius 1 is 1.32 bits per heavy atom. The second kappa shape index (κ2) is 8.29. The molecule has 0 aliphatic rings. The van der Waals surface area contributed by atoms with Gasteiger partial charge in [-0.05, 0) is 18.9 Å². The molecule has 4 nitrogen and oxygen atoms in total. The van der Waals surface area contributed by atoms with Gasteiger partial charge in [-0.2, -0.15) is 0 Å². The number of amides is 1. The molecular formula is C15H21NO3. The van der Waals surface area contributed by atoms with Crippen molar-refractivity contribution in [3.63, 3.8) is 0 Å². The number of unbranched alkanes of at least 4 members (excludes halogenated alkanes) is 1. The van der Waals surface area contributed by atoms with Crippen LogP contribution in [-0.4, -0.2) is 25.0 Å². The third kappa shape index (κ3) is 6.60. The minimum Gasteiger partial charge on any atom is -0.464 e. The number of hydrogen-bond acceptors (Lipinski definition) is 3. The Hall–Kier alpha value is -1.84. The summed E-state index contributed by atoms with van der Waals surface area (Å²) < 4.78 is 4.95. The highest BCUT2D eigenvalue weighted by Gasteiger charge is 2.07. The molecule has 0 bridgehead atoms. The molecule has 0 aromatic heterocycles. The minimum absolute atomic E-state index is 0.0611. The smallest absolute Gasteiger partial charge is 0.325 e. The first kappa shape index (κ1) is 15.2. The number of ether oxygens (including phenoxy) is 1. The molecule has 1 N–H and O–H groups in total. The van der Waals surface area contributed by atoms with Gasteiger partial charge in [0.25, 0.3) is 0 Å². The Morgan fingerprint density at radius 3 is 2.79 bits per heavy atom. The highest BCUT2D eigenvalue weighted by molar-refractivity contribution is 5.83. The molecule has 4 heteroatoms. The van der Waals surface area contributed by atoms with Crippen LogP contribution < -0.4 is 5.32 Å². The first-order valence-electron chi connectivity index (χ1n) is 6.59. The Morgan fingerprint density at radius 2 is 2.11 bits per heavy atom. The molecule has 0 aliphatic carbocycles. The molecular weight excluding hydrogens is 242 g/mol. The van der Waals surface area contributed by atoms with Crippen molar-refractivity contribution in [2.75, 3.05) is 13.2 Å². The summed E-state index contributed by atoms with van der Waals surface area (Å²) in [6.45, 7) is 4.36. The molecule has 0 spiro atoms. The predicted octanol–water partition coefficient (Wildman–Crippen LogP) is 2.00. The number of rotatable bonds is 7. The maximum atomic E-state index is 11.6. The number of aryl methyl sites for hydroxylation is 1. The zero-order valence-corrected chi connectivity index (χ0v) is 11.6. The molecule has 0 atom stereocenters. The summed E-state index contributed by atoms with van der Waals surface area (Å²) in [5.41, 5.74) is 2.06. The van der Waals surface area contributed by atoms with E-state index in [1.54, 1.807) is 0 Å². The zero-order chi connectivity index (χ0) is 14.1. The molecule has 0 radical (unpaired) electrons. The van der Waals surface area contributed by atoms with E-state index in [1.165, 1.54) is 0 Å². The fourth-order valence-electron chi connectivity index (χ4n) is 1.62.